The summed E-state index contributed by atoms with van der Waals surface area (Å²) in [5.41, 5.74) is 0.507. The Kier molecular flexibility index (Phi) is 3.73. The lowest BCUT2D eigenvalue weighted by atomic mass is 10.2. The van der Waals surface area contributed by atoms with E-state index in [0.29, 0.717) is 11.3 Å². The summed E-state index contributed by atoms with van der Waals surface area (Å²) in [4.78, 5) is 11.3. The van der Waals surface area contributed by atoms with Gasteiger partial charge in [0.2, 0.25) is 0 Å². The lowest BCUT2D eigenvalue weighted by molar-refractivity contribution is 0.0549. The molecule has 1 rings (SSSR count). The number of rotatable bonds is 4. The summed E-state index contributed by atoms with van der Waals surface area (Å²) in [6.07, 6.45) is 1.53. The van der Waals surface area contributed by atoms with E-state index in [2.05, 4.69) is 6.58 Å². The van der Waals surface area contributed by atoms with Crippen LogP contribution in [0.3, 0.4) is 0 Å². The highest BCUT2D eigenvalue weighted by atomic mass is 16.5. The van der Waals surface area contributed by atoms with E-state index in [9.17, 15) is 4.79 Å². The zero-order valence-corrected chi connectivity index (χ0v) is 8.03. The van der Waals surface area contributed by atoms with E-state index in [0.717, 1.165) is 0 Å². The average Bonchev–Trinajstić information content (AvgIpc) is 2.26. The van der Waals surface area contributed by atoms with Gasteiger partial charge in [-0.15, -0.1) is 0 Å². The molecule has 74 valence electrons. The molecule has 0 unspecified atom stereocenters. The molecular formula is C11H12O3. The first kappa shape index (κ1) is 10.3. The summed E-state index contributed by atoms with van der Waals surface area (Å²) in [6, 6.07) is 6.74. The van der Waals surface area contributed by atoms with Crippen molar-refractivity contribution in [2.45, 2.75) is 0 Å². The third-order valence-corrected chi connectivity index (χ3v) is 1.66. The number of hydrogen-bond acceptors (Lipinski definition) is 3. The van der Waals surface area contributed by atoms with Crippen molar-refractivity contribution in [1.29, 1.82) is 0 Å². The molecule has 0 radical (unpaired) electrons. The van der Waals surface area contributed by atoms with Crippen LogP contribution in [0.2, 0.25) is 0 Å². The average molecular weight is 192 g/mol. The van der Waals surface area contributed by atoms with Gasteiger partial charge in [-0.2, -0.15) is 0 Å². The molecule has 0 saturated heterocycles. The van der Waals surface area contributed by atoms with Crippen LogP contribution in [-0.2, 0) is 4.74 Å². The van der Waals surface area contributed by atoms with E-state index in [1.54, 1.807) is 31.4 Å². The second-order valence-electron chi connectivity index (χ2n) is 2.62. The van der Waals surface area contributed by atoms with Crippen LogP contribution in [0.15, 0.2) is 36.9 Å². The molecule has 1 aromatic carbocycles. The van der Waals surface area contributed by atoms with Gasteiger partial charge in [-0.05, 0) is 24.3 Å². The highest BCUT2D eigenvalue weighted by Crippen LogP contribution is 2.11. The predicted molar refractivity (Wildman–Crippen MR) is 53.5 cm³/mol. The van der Waals surface area contributed by atoms with E-state index < -0.39 is 0 Å². The normalized spacial score (nSPS) is 9.21. The fourth-order valence-corrected chi connectivity index (χ4v) is 0.945. The monoisotopic (exact) mass is 192 g/mol. The first-order valence-electron chi connectivity index (χ1n) is 4.20. The summed E-state index contributed by atoms with van der Waals surface area (Å²) < 4.78 is 9.81. The molecule has 14 heavy (non-hydrogen) atoms. The van der Waals surface area contributed by atoms with Gasteiger partial charge in [0.25, 0.3) is 0 Å². The summed E-state index contributed by atoms with van der Waals surface area (Å²) in [5.74, 6) is 0.359. The molecule has 0 aromatic heterocycles. The molecule has 3 heteroatoms. The highest BCUT2D eigenvalue weighted by Gasteiger charge is 2.05. The molecular weight excluding hydrogens is 180 g/mol. The van der Waals surface area contributed by atoms with Crippen LogP contribution in [0.4, 0.5) is 0 Å². The molecule has 0 aliphatic carbocycles. The minimum absolute atomic E-state index is 0.227. The first-order chi connectivity index (χ1) is 6.77. The van der Waals surface area contributed by atoms with Crippen LogP contribution in [0.1, 0.15) is 10.4 Å². The fraction of sp³-hybridized carbons (Fsp3) is 0.182. The summed E-state index contributed by atoms with van der Waals surface area (Å²) in [5, 5.41) is 0. The Bertz CT molecular complexity index is 314. The maximum Gasteiger partial charge on any atom is 0.338 e. The third kappa shape index (κ3) is 2.62. The van der Waals surface area contributed by atoms with E-state index in [-0.39, 0.29) is 12.6 Å². The minimum Gasteiger partial charge on any atom is -0.497 e. The molecule has 0 aliphatic rings. The lowest BCUT2D eigenvalue weighted by Gasteiger charge is -2.02. The number of carbonyl (C=O) groups is 1. The van der Waals surface area contributed by atoms with Gasteiger partial charge in [-0.3, -0.25) is 0 Å². The van der Waals surface area contributed by atoms with Gasteiger partial charge < -0.3 is 9.47 Å². The summed E-state index contributed by atoms with van der Waals surface area (Å²) in [7, 11) is 1.57. The summed E-state index contributed by atoms with van der Waals surface area (Å²) >= 11 is 0. The molecule has 0 bridgehead atoms. The SMILES string of the molecule is C=CCOC(=O)c1ccc(OC)cc1. The van der Waals surface area contributed by atoms with E-state index in [1.807, 2.05) is 0 Å². The number of methoxy groups -OCH3 is 1. The van der Waals surface area contributed by atoms with Crippen LogP contribution in [-0.4, -0.2) is 19.7 Å². The molecule has 0 saturated carbocycles. The fourth-order valence-electron chi connectivity index (χ4n) is 0.945. The van der Waals surface area contributed by atoms with Crippen LogP contribution in [0.25, 0.3) is 0 Å². The van der Waals surface area contributed by atoms with Crippen molar-refractivity contribution in [2.24, 2.45) is 0 Å². The van der Waals surface area contributed by atoms with Crippen LogP contribution >= 0.6 is 0 Å². The second-order valence-corrected chi connectivity index (χ2v) is 2.62. The highest BCUT2D eigenvalue weighted by molar-refractivity contribution is 5.89. The van der Waals surface area contributed by atoms with Gasteiger partial charge in [0.15, 0.2) is 0 Å². The molecule has 0 N–H and O–H groups in total. The Morgan fingerprint density at radius 2 is 2.07 bits per heavy atom. The number of benzene rings is 1. The van der Waals surface area contributed by atoms with Crippen molar-refractivity contribution in [3.05, 3.63) is 42.5 Å². The molecule has 0 fully saturated rings. The third-order valence-electron chi connectivity index (χ3n) is 1.66. The zero-order valence-electron chi connectivity index (χ0n) is 8.03. The van der Waals surface area contributed by atoms with Crippen LogP contribution in [0, 0.1) is 0 Å². The predicted octanol–water partition coefficient (Wildman–Crippen LogP) is 2.04. The number of esters is 1. The van der Waals surface area contributed by atoms with E-state index in [1.165, 1.54) is 6.08 Å². The molecule has 0 heterocycles. The smallest absolute Gasteiger partial charge is 0.338 e. The Morgan fingerprint density at radius 3 is 2.57 bits per heavy atom. The maximum atomic E-state index is 11.3. The molecule has 0 spiro atoms. The van der Waals surface area contributed by atoms with Crippen LogP contribution in [0.5, 0.6) is 5.75 Å². The van der Waals surface area contributed by atoms with Crippen molar-refractivity contribution in [2.75, 3.05) is 13.7 Å². The minimum atomic E-state index is -0.354. The Labute approximate surface area is 83.0 Å². The van der Waals surface area contributed by atoms with Crippen molar-refractivity contribution in [3.8, 4) is 5.75 Å². The van der Waals surface area contributed by atoms with Gasteiger partial charge in [0.05, 0.1) is 12.7 Å². The first-order valence-corrected chi connectivity index (χ1v) is 4.20. The lowest BCUT2D eigenvalue weighted by Crippen LogP contribution is -2.04. The Morgan fingerprint density at radius 1 is 1.43 bits per heavy atom. The molecule has 3 nitrogen and oxygen atoms in total. The zero-order chi connectivity index (χ0) is 10.4. The molecule has 0 atom stereocenters. The number of carbonyl (C=O) groups excluding carboxylic acids is 1. The van der Waals surface area contributed by atoms with E-state index >= 15 is 0 Å². The topological polar surface area (TPSA) is 35.5 Å². The van der Waals surface area contributed by atoms with Crippen molar-refractivity contribution in [1.82, 2.24) is 0 Å². The van der Waals surface area contributed by atoms with Gasteiger partial charge in [0.1, 0.15) is 12.4 Å². The molecule has 1 aromatic rings. The maximum absolute atomic E-state index is 11.3. The Hall–Kier alpha value is -1.77. The van der Waals surface area contributed by atoms with Crippen molar-refractivity contribution < 1.29 is 14.3 Å². The molecule has 0 aliphatic heterocycles. The number of hydrogen-bond donors (Lipinski definition) is 0. The Balaban J connectivity index is 2.66. The largest absolute Gasteiger partial charge is 0.497 e. The van der Waals surface area contributed by atoms with Gasteiger partial charge in [-0.25, -0.2) is 4.79 Å². The van der Waals surface area contributed by atoms with Gasteiger partial charge in [0, 0.05) is 0 Å². The second kappa shape index (κ2) is 5.07. The number of ether oxygens (including phenoxy) is 2. The van der Waals surface area contributed by atoms with Gasteiger partial charge >= 0.3 is 5.97 Å². The quantitative estimate of drug-likeness (QED) is 0.541. The van der Waals surface area contributed by atoms with Crippen molar-refractivity contribution >= 4 is 5.97 Å². The van der Waals surface area contributed by atoms with Gasteiger partial charge in [-0.1, -0.05) is 12.7 Å². The van der Waals surface area contributed by atoms with Crippen molar-refractivity contribution in [3.63, 3.8) is 0 Å². The molecule has 0 amide bonds. The summed E-state index contributed by atoms with van der Waals surface area (Å²) in [6.45, 7) is 3.68. The van der Waals surface area contributed by atoms with Crippen LogP contribution < -0.4 is 4.74 Å². The standard InChI is InChI=1S/C11H12O3/c1-3-8-14-11(12)9-4-6-10(13-2)7-5-9/h3-7H,1,8H2,2H3. The van der Waals surface area contributed by atoms with E-state index in [4.69, 9.17) is 9.47 Å².